The van der Waals surface area contributed by atoms with Gasteiger partial charge in [-0.2, -0.15) is 0 Å². The van der Waals surface area contributed by atoms with Crippen molar-refractivity contribution >= 4 is 40.2 Å². The number of hydrogen-bond donors (Lipinski definition) is 0. The van der Waals surface area contributed by atoms with E-state index in [0.29, 0.717) is 5.69 Å². The summed E-state index contributed by atoms with van der Waals surface area (Å²) < 4.78 is 0. The number of anilines is 1. The van der Waals surface area contributed by atoms with Crippen molar-refractivity contribution in [1.82, 2.24) is 0 Å². The fourth-order valence-corrected chi connectivity index (χ4v) is 7.81. The molecule has 0 radical (unpaired) electrons. The van der Waals surface area contributed by atoms with Gasteiger partial charge in [0.05, 0.1) is 28.6 Å². The van der Waals surface area contributed by atoms with Gasteiger partial charge >= 0.3 is 0 Å². The fourth-order valence-electron chi connectivity index (χ4n) is 7.81. The average Bonchev–Trinajstić information content (AvgIpc) is 3.27. The summed E-state index contributed by atoms with van der Waals surface area (Å²) in [4.78, 5) is 35.9. The number of carbonyl (C=O) groups is 2. The van der Waals surface area contributed by atoms with Gasteiger partial charge in [0.15, 0.2) is 0 Å². The molecule has 0 unspecified atom stereocenters. The number of fused-ring (bicyclic) bond motifs is 1. The fraction of sp³-hybridized carbons (Fsp3) is 0.162. The van der Waals surface area contributed by atoms with E-state index in [1.54, 1.807) is 0 Å². The van der Waals surface area contributed by atoms with Crippen molar-refractivity contribution in [1.29, 1.82) is 0 Å². The summed E-state index contributed by atoms with van der Waals surface area (Å²) in [7, 11) is 0. The summed E-state index contributed by atoms with van der Waals surface area (Å²) in [6.07, 6.45) is 1.98. The van der Waals surface area contributed by atoms with E-state index >= 15 is 0 Å². The molecule has 2 bridgehead atoms. The Balaban J connectivity index is 1.40. The Bertz CT molecular complexity index is 1900. The molecule has 1 saturated heterocycles. The molecular formula is C37H28N2O2. The van der Waals surface area contributed by atoms with Crippen LogP contribution in [0.1, 0.15) is 39.3 Å². The molecule has 1 aliphatic heterocycles. The van der Waals surface area contributed by atoms with Crippen LogP contribution < -0.4 is 4.90 Å². The second-order valence-electron chi connectivity index (χ2n) is 11.6. The Morgan fingerprint density at radius 1 is 0.732 bits per heavy atom. The lowest BCUT2D eigenvalue weighted by Crippen LogP contribution is -2.54. The van der Waals surface area contributed by atoms with E-state index in [9.17, 15) is 9.59 Å². The van der Waals surface area contributed by atoms with Gasteiger partial charge in [-0.05, 0) is 59.2 Å². The summed E-state index contributed by atoms with van der Waals surface area (Å²) in [5.74, 6) is -1.59. The highest BCUT2D eigenvalue weighted by Crippen LogP contribution is 2.64. The summed E-state index contributed by atoms with van der Waals surface area (Å²) in [5, 5.41) is 1.90. The number of carbonyl (C=O) groups excluding carboxylic acids is 2. The van der Waals surface area contributed by atoms with E-state index in [0.717, 1.165) is 44.3 Å². The van der Waals surface area contributed by atoms with Gasteiger partial charge in [-0.15, -0.1) is 0 Å². The van der Waals surface area contributed by atoms with E-state index in [2.05, 4.69) is 50.2 Å². The molecule has 2 atom stereocenters. The molecule has 41 heavy (non-hydrogen) atoms. The molecule has 1 heterocycles. The number of nitrogens with zero attached hydrogens (tertiary/aromatic N) is 2. The van der Waals surface area contributed by atoms with Crippen LogP contribution in [0, 0.1) is 25.7 Å². The first-order chi connectivity index (χ1) is 20.0. The molecule has 3 aliphatic carbocycles. The van der Waals surface area contributed by atoms with Crippen LogP contribution in [0.25, 0.3) is 10.8 Å². The van der Waals surface area contributed by atoms with Crippen LogP contribution in [0.5, 0.6) is 0 Å². The third-order valence-corrected chi connectivity index (χ3v) is 9.45. The monoisotopic (exact) mass is 532 g/mol. The van der Waals surface area contributed by atoms with E-state index in [-0.39, 0.29) is 17.7 Å². The lowest BCUT2D eigenvalue weighted by molar-refractivity contribution is -0.122. The van der Waals surface area contributed by atoms with E-state index in [1.165, 1.54) is 10.5 Å². The summed E-state index contributed by atoms with van der Waals surface area (Å²) in [6, 6.07) is 36.7. The van der Waals surface area contributed by atoms with Crippen LogP contribution >= 0.6 is 0 Å². The molecule has 4 aliphatic rings. The topological polar surface area (TPSA) is 49.7 Å². The van der Waals surface area contributed by atoms with Gasteiger partial charge in [0, 0.05) is 17.5 Å². The van der Waals surface area contributed by atoms with E-state index in [4.69, 9.17) is 4.99 Å². The first-order valence-electron chi connectivity index (χ1n) is 14.2. The predicted octanol–water partition coefficient (Wildman–Crippen LogP) is 7.41. The van der Waals surface area contributed by atoms with Crippen molar-refractivity contribution in [3.8, 4) is 0 Å². The van der Waals surface area contributed by atoms with E-state index in [1.807, 2.05) is 79.0 Å². The van der Waals surface area contributed by atoms with Crippen LogP contribution in [-0.4, -0.2) is 18.0 Å². The number of benzene rings is 5. The van der Waals surface area contributed by atoms with Crippen LogP contribution in [0.3, 0.4) is 0 Å². The molecule has 1 fully saturated rings. The maximum Gasteiger partial charge on any atom is 0.239 e. The first kappa shape index (κ1) is 24.0. The van der Waals surface area contributed by atoms with Crippen LogP contribution in [0.15, 0.2) is 114 Å². The zero-order chi connectivity index (χ0) is 27.9. The van der Waals surface area contributed by atoms with Crippen molar-refractivity contribution in [2.24, 2.45) is 16.8 Å². The van der Waals surface area contributed by atoms with Gasteiger partial charge in [-0.25, -0.2) is 4.90 Å². The molecule has 9 rings (SSSR count). The van der Waals surface area contributed by atoms with Gasteiger partial charge in [0.2, 0.25) is 11.8 Å². The highest BCUT2D eigenvalue weighted by Gasteiger charge is 2.68. The Hall–Kier alpha value is -4.83. The number of rotatable bonds is 3. The maximum atomic E-state index is 14.8. The van der Waals surface area contributed by atoms with Gasteiger partial charge < -0.3 is 0 Å². The van der Waals surface area contributed by atoms with Crippen molar-refractivity contribution in [3.05, 3.63) is 143 Å². The zero-order valence-electron chi connectivity index (χ0n) is 22.9. The van der Waals surface area contributed by atoms with Crippen molar-refractivity contribution in [2.45, 2.75) is 25.2 Å². The highest BCUT2D eigenvalue weighted by atomic mass is 16.2. The third-order valence-electron chi connectivity index (χ3n) is 9.45. The van der Waals surface area contributed by atoms with Crippen LogP contribution in [0.4, 0.5) is 11.4 Å². The third kappa shape index (κ3) is 3.13. The van der Waals surface area contributed by atoms with Gasteiger partial charge in [0.25, 0.3) is 0 Å². The van der Waals surface area contributed by atoms with Crippen molar-refractivity contribution in [2.75, 3.05) is 4.90 Å². The van der Waals surface area contributed by atoms with Crippen LogP contribution in [0.2, 0.25) is 0 Å². The smallest absolute Gasteiger partial charge is 0.239 e. The van der Waals surface area contributed by atoms with Crippen molar-refractivity contribution in [3.63, 3.8) is 0 Å². The molecule has 0 spiro atoms. The molecule has 4 heteroatoms. The average molecular weight is 533 g/mol. The first-order valence-corrected chi connectivity index (χ1v) is 14.2. The number of aryl methyl sites for hydroxylation is 2. The number of aliphatic imine (C=N–C) groups is 1. The molecule has 5 aromatic rings. The lowest BCUT2D eigenvalue weighted by atomic mass is 9.47. The molecule has 4 nitrogen and oxygen atoms in total. The highest BCUT2D eigenvalue weighted by molar-refractivity contribution is 6.27. The molecule has 5 aromatic carbocycles. The van der Waals surface area contributed by atoms with Gasteiger partial charge in [0.1, 0.15) is 0 Å². The largest absolute Gasteiger partial charge is 0.274 e. The minimum Gasteiger partial charge on any atom is -0.274 e. The van der Waals surface area contributed by atoms with Crippen LogP contribution in [-0.2, 0) is 15.0 Å². The Kier molecular flexibility index (Phi) is 5.03. The Labute approximate surface area is 239 Å². The minimum absolute atomic E-state index is 0.130. The van der Waals surface area contributed by atoms with Gasteiger partial charge in [-0.3, -0.25) is 14.6 Å². The maximum absolute atomic E-state index is 14.8. The molecule has 198 valence electrons. The Morgan fingerprint density at radius 2 is 1.39 bits per heavy atom. The second kappa shape index (κ2) is 8.58. The SMILES string of the molecule is Cc1ccc(N=CC23c4ccccc4C(c4ccccc42)[C@H]2C(=O)N(c4cccc5ccccc45)C(=O)[C@@H]23)c(C)c1. The second-order valence-corrected chi connectivity index (χ2v) is 11.6. The minimum atomic E-state index is -0.879. The summed E-state index contributed by atoms with van der Waals surface area (Å²) in [6.45, 7) is 4.13. The molecule has 0 aromatic heterocycles. The molecule has 0 N–H and O–H groups in total. The van der Waals surface area contributed by atoms with Gasteiger partial charge in [-0.1, -0.05) is 103 Å². The molecular weight excluding hydrogens is 504 g/mol. The molecule has 2 amide bonds. The Morgan fingerprint density at radius 3 is 2.12 bits per heavy atom. The van der Waals surface area contributed by atoms with Crippen molar-refractivity contribution < 1.29 is 9.59 Å². The summed E-state index contributed by atoms with van der Waals surface area (Å²) >= 11 is 0. The number of amides is 2. The number of hydrogen-bond acceptors (Lipinski definition) is 3. The predicted molar refractivity (Wildman–Crippen MR) is 163 cm³/mol. The molecule has 0 saturated carbocycles. The van der Waals surface area contributed by atoms with E-state index < -0.39 is 17.3 Å². The lowest BCUT2D eigenvalue weighted by Gasteiger charge is -2.52. The quantitative estimate of drug-likeness (QED) is 0.179. The number of imide groups is 1. The standard InChI is InChI=1S/C37H28N2O2/c1-22-18-19-30(23(2)20-22)38-21-37-28-15-7-5-13-26(28)32(27-14-6-8-16-29(27)37)33-34(37)36(41)39(35(33)40)31-17-9-11-24-10-3-4-12-25(24)31/h3-21,32-34H,1-2H3/t32?,33-,34-,37?/m1/s1. The summed E-state index contributed by atoms with van der Waals surface area (Å²) in [5.41, 5.74) is 7.26. The zero-order valence-corrected chi connectivity index (χ0v) is 22.9. The normalized spacial score (nSPS) is 24.1.